The minimum absolute atomic E-state index is 0.179. The molecule has 0 atom stereocenters. The molecule has 0 radical (unpaired) electrons. The summed E-state index contributed by atoms with van der Waals surface area (Å²) < 4.78 is 222. The number of alkyl halides is 17. The molecule has 0 aliphatic heterocycles. The third kappa shape index (κ3) is 4.31. The predicted octanol–water partition coefficient (Wildman–Crippen LogP) is 6.73. The van der Waals surface area contributed by atoms with Crippen LogP contribution in [-0.4, -0.2) is 72.2 Å². The number of hydrogen-bond acceptors (Lipinski definition) is 1. The van der Waals surface area contributed by atoms with E-state index < -0.39 is 60.6 Å². The Kier molecular flexibility index (Phi) is 8.20. The Labute approximate surface area is 168 Å². The summed E-state index contributed by atoms with van der Waals surface area (Å²) in [7, 11) is 0. The normalized spacial score (nSPS) is 16.1. The average Bonchev–Trinajstić information content (AvgIpc) is 2.60. The number of hydrogen-bond donors (Lipinski definition) is 0. The van der Waals surface area contributed by atoms with Crippen molar-refractivity contribution in [3.8, 4) is 0 Å². The summed E-state index contributed by atoms with van der Waals surface area (Å²) in [5.74, 6) is -55.8. The second-order valence-electron chi connectivity index (χ2n) is 6.43. The number of nitrogens with zero attached hydrogens (tertiary/aromatic N) is 1. The Morgan fingerprint density at radius 1 is 0.438 bits per heavy atom. The third-order valence-electron chi connectivity index (χ3n) is 4.42. The van der Waals surface area contributed by atoms with Crippen LogP contribution in [0, 0.1) is 0 Å². The van der Waals surface area contributed by atoms with E-state index in [-0.39, 0.29) is 13.1 Å². The van der Waals surface area contributed by atoms with Gasteiger partial charge < -0.3 is 4.90 Å². The van der Waals surface area contributed by atoms with Gasteiger partial charge in [-0.05, 0) is 13.1 Å². The fraction of sp³-hybridized carbons (Fsp3) is 1.00. The first-order valence-electron chi connectivity index (χ1n) is 8.18. The summed E-state index contributed by atoms with van der Waals surface area (Å²) in [5.41, 5.74) is 0. The van der Waals surface area contributed by atoms with Crippen LogP contribution >= 0.6 is 0 Å². The monoisotopic (exact) mass is 519 g/mol. The Bertz CT molecular complexity index is 632. The Morgan fingerprint density at radius 2 is 0.719 bits per heavy atom. The van der Waals surface area contributed by atoms with E-state index in [1.807, 2.05) is 0 Å². The predicted molar refractivity (Wildman–Crippen MR) is 73.1 cm³/mol. The molecular weight excluding hydrogens is 505 g/mol. The molecule has 0 amide bonds. The van der Waals surface area contributed by atoms with Crippen LogP contribution in [0.1, 0.15) is 20.3 Å². The maximum absolute atomic E-state index is 13.6. The largest absolute Gasteiger partial charge is 0.460 e. The van der Waals surface area contributed by atoms with E-state index in [0.29, 0.717) is 0 Å². The van der Waals surface area contributed by atoms with E-state index in [1.54, 1.807) is 0 Å². The Morgan fingerprint density at radius 3 is 1.00 bits per heavy atom. The lowest BCUT2D eigenvalue weighted by Crippen LogP contribution is -2.74. The minimum atomic E-state index is -8.58. The molecule has 0 aliphatic carbocycles. The first-order chi connectivity index (χ1) is 13.7. The van der Waals surface area contributed by atoms with E-state index in [1.165, 1.54) is 13.8 Å². The van der Waals surface area contributed by atoms with Crippen molar-refractivity contribution in [2.75, 3.05) is 19.6 Å². The van der Waals surface area contributed by atoms with Gasteiger partial charge in [0.2, 0.25) is 0 Å². The zero-order valence-corrected chi connectivity index (χ0v) is 15.7. The van der Waals surface area contributed by atoms with E-state index in [9.17, 15) is 74.6 Å². The van der Waals surface area contributed by atoms with Crippen molar-refractivity contribution in [1.82, 2.24) is 4.90 Å². The average molecular weight is 519 g/mol. The number of rotatable bonds is 11. The molecule has 0 rings (SSSR count). The van der Waals surface area contributed by atoms with Gasteiger partial charge in [-0.15, -0.1) is 0 Å². The van der Waals surface area contributed by atoms with Crippen molar-refractivity contribution in [3.05, 3.63) is 0 Å². The second-order valence-corrected chi connectivity index (χ2v) is 6.43. The van der Waals surface area contributed by atoms with E-state index in [4.69, 9.17) is 0 Å². The van der Waals surface area contributed by atoms with Crippen molar-refractivity contribution < 1.29 is 74.6 Å². The molecule has 0 aliphatic rings. The van der Waals surface area contributed by atoms with E-state index in [0.717, 1.165) is 4.90 Å². The summed E-state index contributed by atoms with van der Waals surface area (Å²) in [6, 6.07) is 0. The molecule has 0 fully saturated rings. The van der Waals surface area contributed by atoms with Crippen molar-refractivity contribution >= 4 is 0 Å². The fourth-order valence-electron chi connectivity index (χ4n) is 2.19. The zero-order valence-electron chi connectivity index (χ0n) is 15.7. The van der Waals surface area contributed by atoms with Gasteiger partial charge in [0.25, 0.3) is 0 Å². The maximum atomic E-state index is 13.6. The molecule has 0 aromatic carbocycles. The summed E-state index contributed by atoms with van der Waals surface area (Å²) in [5, 5.41) is 0. The lowest BCUT2D eigenvalue weighted by Gasteiger charge is -2.43. The van der Waals surface area contributed by atoms with Crippen LogP contribution in [0.4, 0.5) is 74.6 Å². The molecule has 0 aromatic heterocycles. The van der Waals surface area contributed by atoms with Crippen molar-refractivity contribution in [3.63, 3.8) is 0 Å². The van der Waals surface area contributed by atoms with Gasteiger partial charge in [0.15, 0.2) is 0 Å². The smallest absolute Gasteiger partial charge is 0.304 e. The van der Waals surface area contributed by atoms with Crippen molar-refractivity contribution in [2.24, 2.45) is 0 Å². The maximum Gasteiger partial charge on any atom is 0.460 e. The molecule has 0 spiro atoms. The van der Waals surface area contributed by atoms with Crippen LogP contribution in [-0.2, 0) is 0 Å². The lowest BCUT2D eigenvalue weighted by atomic mass is 9.88. The van der Waals surface area contributed by atoms with Crippen LogP contribution in [0.15, 0.2) is 0 Å². The SMILES string of the molecule is CCN(CC)CCC(F)(F)C(F)(F)C(F)(F)C(F)(F)C(F)(F)C(F)(F)C(F)(F)C(F)(F)F. The molecule has 1 nitrogen and oxygen atoms in total. The molecule has 0 heterocycles. The molecule has 0 unspecified atom stereocenters. The van der Waals surface area contributed by atoms with Gasteiger partial charge in [0.1, 0.15) is 0 Å². The van der Waals surface area contributed by atoms with Gasteiger partial charge in [0.05, 0.1) is 0 Å². The van der Waals surface area contributed by atoms with Crippen LogP contribution in [0.2, 0.25) is 0 Å². The third-order valence-corrected chi connectivity index (χ3v) is 4.42. The highest BCUT2D eigenvalue weighted by atomic mass is 19.4. The van der Waals surface area contributed by atoms with Gasteiger partial charge in [-0.3, -0.25) is 0 Å². The topological polar surface area (TPSA) is 3.24 Å². The molecule has 18 heteroatoms. The highest BCUT2D eigenvalue weighted by molar-refractivity contribution is 5.15. The lowest BCUT2D eigenvalue weighted by molar-refractivity contribution is -0.461. The molecular formula is C14H14F17N. The number of halogens is 17. The van der Waals surface area contributed by atoms with Gasteiger partial charge in [0, 0.05) is 13.0 Å². The Hall–Kier alpha value is -1.23. The molecule has 32 heavy (non-hydrogen) atoms. The van der Waals surface area contributed by atoms with Crippen LogP contribution in [0.25, 0.3) is 0 Å². The summed E-state index contributed by atoms with van der Waals surface area (Å²) >= 11 is 0. The van der Waals surface area contributed by atoms with Gasteiger partial charge in [-0.25, -0.2) is 0 Å². The fourth-order valence-corrected chi connectivity index (χ4v) is 2.19. The second kappa shape index (κ2) is 8.52. The molecule has 0 saturated heterocycles. The van der Waals surface area contributed by atoms with Crippen molar-refractivity contribution in [2.45, 2.75) is 67.9 Å². The highest BCUT2D eigenvalue weighted by Gasteiger charge is 2.95. The highest BCUT2D eigenvalue weighted by Crippen LogP contribution is 2.64. The van der Waals surface area contributed by atoms with Crippen LogP contribution in [0.3, 0.4) is 0 Å². The van der Waals surface area contributed by atoms with Crippen molar-refractivity contribution in [1.29, 1.82) is 0 Å². The van der Waals surface area contributed by atoms with Gasteiger partial charge in [-0.2, -0.15) is 74.6 Å². The van der Waals surface area contributed by atoms with E-state index in [2.05, 4.69) is 0 Å². The molecule has 0 saturated carbocycles. The van der Waals surface area contributed by atoms with Crippen LogP contribution in [0.5, 0.6) is 0 Å². The quantitative estimate of drug-likeness (QED) is 0.274. The van der Waals surface area contributed by atoms with Crippen LogP contribution < -0.4 is 0 Å². The van der Waals surface area contributed by atoms with E-state index >= 15 is 0 Å². The summed E-state index contributed by atoms with van der Waals surface area (Å²) in [6.45, 7) is 0.900. The van der Waals surface area contributed by atoms with Gasteiger partial charge >= 0.3 is 47.6 Å². The minimum Gasteiger partial charge on any atom is -0.304 e. The molecule has 0 bridgehead atoms. The van der Waals surface area contributed by atoms with Gasteiger partial charge in [-0.1, -0.05) is 13.8 Å². The molecule has 194 valence electrons. The summed E-state index contributed by atoms with van der Waals surface area (Å²) in [6.07, 6.45) is -10.2. The first kappa shape index (κ1) is 30.8. The summed E-state index contributed by atoms with van der Waals surface area (Å²) in [4.78, 5) is 0.840. The Balaban J connectivity index is 6.47. The first-order valence-corrected chi connectivity index (χ1v) is 8.18. The molecule has 0 aromatic rings. The standard InChI is InChI=1S/C14H14F17N/c1-3-32(4-2)6-5-7(15,16)8(17,18)9(19,20)10(21,22)11(23,24)12(25,26)13(27,28)14(29,30)31/h3-6H2,1-2H3. The zero-order chi connectivity index (χ0) is 26.4. The molecule has 0 N–H and O–H groups in total.